The van der Waals surface area contributed by atoms with Gasteiger partial charge in [-0.25, -0.2) is 9.78 Å². The Balaban J connectivity index is 2.36. The number of carbonyl (C=O) groups is 1. The highest BCUT2D eigenvalue weighted by molar-refractivity contribution is 6.29. The van der Waals surface area contributed by atoms with E-state index < -0.39 is 12.3 Å². The average molecular weight is 257 g/mol. The Morgan fingerprint density at radius 1 is 1.53 bits per heavy atom. The highest BCUT2D eigenvalue weighted by Crippen LogP contribution is 2.30. The first-order chi connectivity index (χ1) is 8.17. The Hall–Kier alpha value is -1.33. The molecule has 17 heavy (non-hydrogen) atoms. The van der Waals surface area contributed by atoms with E-state index in [1.807, 2.05) is 6.07 Å². The molecule has 2 rings (SSSR count). The first-order valence-corrected chi connectivity index (χ1v) is 5.58. The topological polar surface area (TPSA) is 51.7 Å². The summed E-state index contributed by atoms with van der Waals surface area (Å²) in [7, 11) is 2.90. The predicted octanol–water partition coefficient (Wildman–Crippen LogP) is 2.00. The molecule has 0 saturated carbocycles. The van der Waals surface area contributed by atoms with Gasteiger partial charge in [-0.1, -0.05) is 11.6 Å². The van der Waals surface area contributed by atoms with Crippen LogP contribution in [-0.2, 0) is 15.9 Å². The van der Waals surface area contributed by atoms with E-state index in [9.17, 15) is 4.79 Å². The van der Waals surface area contributed by atoms with Crippen LogP contribution in [0.5, 0.6) is 0 Å². The average Bonchev–Trinajstić information content (AvgIpc) is 2.36. The van der Waals surface area contributed by atoms with Gasteiger partial charge in [-0.15, -0.1) is 0 Å². The number of amides is 1. The summed E-state index contributed by atoms with van der Waals surface area (Å²) in [5.41, 5.74) is 1.72. The zero-order chi connectivity index (χ0) is 12.4. The predicted molar refractivity (Wildman–Crippen MR) is 61.8 cm³/mol. The number of fused-ring (bicyclic) bond motifs is 1. The van der Waals surface area contributed by atoms with Gasteiger partial charge in [0.15, 0.2) is 6.23 Å². The molecule has 1 aromatic rings. The number of carbonyl (C=O) groups excluding carboxylic acids is 1. The van der Waals surface area contributed by atoms with E-state index in [4.69, 9.17) is 21.1 Å². The molecule has 0 spiro atoms. The van der Waals surface area contributed by atoms with Crippen molar-refractivity contribution in [3.8, 4) is 0 Å². The lowest BCUT2D eigenvalue weighted by Crippen LogP contribution is -2.41. The van der Waals surface area contributed by atoms with Crippen molar-refractivity contribution in [3.63, 3.8) is 0 Å². The van der Waals surface area contributed by atoms with E-state index >= 15 is 0 Å². The van der Waals surface area contributed by atoms with Crippen molar-refractivity contribution in [1.29, 1.82) is 0 Å². The molecule has 1 aromatic heterocycles. The van der Waals surface area contributed by atoms with Crippen molar-refractivity contribution in [1.82, 2.24) is 9.88 Å². The minimum atomic E-state index is -0.462. The third-order valence-corrected chi connectivity index (χ3v) is 2.96. The van der Waals surface area contributed by atoms with Crippen molar-refractivity contribution >= 4 is 17.7 Å². The monoisotopic (exact) mass is 256 g/mol. The number of halogens is 1. The maximum absolute atomic E-state index is 11.6. The molecule has 2 heterocycles. The largest absolute Gasteiger partial charge is 0.453 e. The van der Waals surface area contributed by atoms with Crippen LogP contribution in [0.25, 0.3) is 0 Å². The molecule has 0 aromatic carbocycles. The Kier molecular flexibility index (Phi) is 3.49. The van der Waals surface area contributed by atoms with Crippen LogP contribution >= 0.6 is 11.6 Å². The summed E-state index contributed by atoms with van der Waals surface area (Å²) in [5, 5.41) is 0.449. The second-order valence-electron chi connectivity index (χ2n) is 3.67. The van der Waals surface area contributed by atoms with Crippen LogP contribution in [0.2, 0.25) is 5.15 Å². The van der Waals surface area contributed by atoms with Crippen LogP contribution in [0.1, 0.15) is 17.5 Å². The lowest BCUT2D eigenvalue weighted by molar-refractivity contribution is -0.0339. The lowest BCUT2D eigenvalue weighted by Gasteiger charge is -2.34. The molecule has 6 heteroatoms. The van der Waals surface area contributed by atoms with Crippen LogP contribution in [-0.4, -0.2) is 36.7 Å². The molecule has 0 radical (unpaired) electrons. The van der Waals surface area contributed by atoms with Gasteiger partial charge in [-0.05, 0) is 12.1 Å². The Labute approximate surface area is 104 Å². The van der Waals surface area contributed by atoms with Gasteiger partial charge in [0.1, 0.15) is 5.15 Å². The molecule has 0 saturated heterocycles. The van der Waals surface area contributed by atoms with Crippen LogP contribution in [0.3, 0.4) is 0 Å². The summed E-state index contributed by atoms with van der Waals surface area (Å²) in [6.07, 6.45) is -0.224. The number of nitrogens with zero attached hydrogens (tertiary/aromatic N) is 2. The quantitative estimate of drug-likeness (QED) is 0.721. The fraction of sp³-hybridized carbons (Fsp3) is 0.455. The van der Waals surface area contributed by atoms with Crippen molar-refractivity contribution in [2.24, 2.45) is 0 Å². The third-order valence-electron chi connectivity index (χ3n) is 2.75. The molecule has 1 amide bonds. The fourth-order valence-corrected chi connectivity index (χ4v) is 2.15. The fourth-order valence-electron chi connectivity index (χ4n) is 1.98. The second-order valence-corrected chi connectivity index (χ2v) is 4.06. The summed E-state index contributed by atoms with van der Waals surface area (Å²) in [5.74, 6) is 0. The van der Waals surface area contributed by atoms with Crippen LogP contribution < -0.4 is 0 Å². The molecule has 0 aliphatic carbocycles. The first kappa shape index (κ1) is 12.1. The summed E-state index contributed by atoms with van der Waals surface area (Å²) in [6.45, 7) is 0.505. The van der Waals surface area contributed by atoms with Crippen LogP contribution in [0.15, 0.2) is 12.1 Å². The van der Waals surface area contributed by atoms with Crippen LogP contribution in [0.4, 0.5) is 4.79 Å². The molecular formula is C11H13ClN2O3. The van der Waals surface area contributed by atoms with E-state index in [0.29, 0.717) is 18.1 Å². The van der Waals surface area contributed by atoms with Crippen molar-refractivity contribution in [2.75, 3.05) is 20.8 Å². The Morgan fingerprint density at radius 2 is 2.29 bits per heavy atom. The highest BCUT2D eigenvalue weighted by Gasteiger charge is 2.32. The third kappa shape index (κ3) is 2.21. The SMILES string of the molecule is COC(=O)N1CCc2nc(Cl)ccc2[C@H]1OC. The van der Waals surface area contributed by atoms with Gasteiger partial charge >= 0.3 is 6.09 Å². The molecule has 1 aliphatic rings. The maximum Gasteiger partial charge on any atom is 0.411 e. The molecule has 1 aliphatic heterocycles. The van der Waals surface area contributed by atoms with E-state index in [1.54, 1.807) is 13.2 Å². The number of hydrogen-bond acceptors (Lipinski definition) is 4. The summed E-state index contributed by atoms with van der Waals surface area (Å²) < 4.78 is 10.1. The molecule has 92 valence electrons. The number of rotatable bonds is 1. The molecular weight excluding hydrogens is 244 g/mol. The number of aromatic nitrogens is 1. The van der Waals surface area contributed by atoms with Crippen molar-refractivity contribution < 1.29 is 14.3 Å². The molecule has 1 atom stereocenters. The summed E-state index contributed by atoms with van der Waals surface area (Å²) in [6, 6.07) is 3.52. The van der Waals surface area contributed by atoms with E-state index in [0.717, 1.165) is 11.3 Å². The van der Waals surface area contributed by atoms with Gasteiger partial charge in [-0.2, -0.15) is 0 Å². The number of pyridine rings is 1. The molecule has 0 fully saturated rings. The number of ether oxygens (including phenoxy) is 2. The second kappa shape index (κ2) is 4.89. The minimum Gasteiger partial charge on any atom is -0.453 e. The summed E-state index contributed by atoms with van der Waals surface area (Å²) >= 11 is 5.84. The van der Waals surface area contributed by atoms with Gasteiger partial charge < -0.3 is 9.47 Å². The molecule has 0 bridgehead atoms. The molecule has 5 nitrogen and oxygen atoms in total. The van der Waals surface area contributed by atoms with Gasteiger partial charge in [0.2, 0.25) is 0 Å². The van der Waals surface area contributed by atoms with Crippen LogP contribution in [0, 0.1) is 0 Å². The summed E-state index contributed by atoms with van der Waals surface area (Å²) in [4.78, 5) is 17.4. The van der Waals surface area contributed by atoms with Gasteiger partial charge in [0.05, 0.1) is 12.8 Å². The van der Waals surface area contributed by atoms with Gasteiger partial charge in [0.25, 0.3) is 0 Å². The van der Waals surface area contributed by atoms with E-state index in [2.05, 4.69) is 4.98 Å². The van der Waals surface area contributed by atoms with Gasteiger partial charge in [-0.3, -0.25) is 4.90 Å². The normalized spacial score (nSPS) is 18.8. The highest BCUT2D eigenvalue weighted by atomic mass is 35.5. The standard InChI is InChI=1S/C11H13ClN2O3/c1-16-10-7-3-4-9(12)13-8(7)5-6-14(10)11(15)17-2/h3-4,10H,5-6H2,1-2H3/t10-/m1/s1. The maximum atomic E-state index is 11.6. The Morgan fingerprint density at radius 3 is 2.94 bits per heavy atom. The molecule has 0 N–H and O–H groups in total. The Bertz CT molecular complexity index is 439. The zero-order valence-electron chi connectivity index (χ0n) is 9.64. The first-order valence-electron chi connectivity index (χ1n) is 5.20. The zero-order valence-corrected chi connectivity index (χ0v) is 10.4. The minimum absolute atomic E-state index is 0.405. The van der Waals surface area contributed by atoms with Crippen molar-refractivity contribution in [2.45, 2.75) is 12.6 Å². The number of hydrogen-bond donors (Lipinski definition) is 0. The smallest absolute Gasteiger partial charge is 0.411 e. The van der Waals surface area contributed by atoms with E-state index in [1.165, 1.54) is 12.0 Å². The van der Waals surface area contributed by atoms with E-state index in [-0.39, 0.29) is 0 Å². The van der Waals surface area contributed by atoms with Gasteiger partial charge in [0, 0.05) is 25.6 Å². The lowest BCUT2D eigenvalue weighted by atomic mass is 10.0. The molecule has 0 unspecified atom stereocenters. The van der Waals surface area contributed by atoms with Crippen molar-refractivity contribution in [3.05, 3.63) is 28.5 Å². The number of methoxy groups -OCH3 is 2.